The Kier molecular flexibility index (Phi) is 6.54. The van der Waals surface area contributed by atoms with E-state index in [1.165, 1.54) is 19.3 Å². The van der Waals surface area contributed by atoms with E-state index in [1.807, 2.05) is 6.07 Å². The molecule has 1 aromatic rings. The molecule has 1 unspecified atom stereocenters. The Morgan fingerprint density at radius 1 is 1.00 bits per heavy atom. The molecule has 0 aromatic heterocycles. The number of benzene rings is 1. The van der Waals surface area contributed by atoms with E-state index in [1.54, 1.807) is 21.3 Å². The molecule has 1 heterocycles. The number of hydrogen-bond donors (Lipinski definition) is 0. The van der Waals surface area contributed by atoms with Gasteiger partial charge in [0.15, 0.2) is 11.5 Å². The average molecular weight is 322 g/mol. The van der Waals surface area contributed by atoms with E-state index in [-0.39, 0.29) is 0 Å². The van der Waals surface area contributed by atoms with E-state index in [0.717, 1.165) is 30.9 Å². The zero-order valence-electron chi connectivity index (χ0n) is 15.1. The van der Waals surface area contributed by atoms with Gasteiger partial charge in [-0.25, -0.2) is 0 Å². The van der Waals surface area contributed by atoms with E-state index in [0.29, 0.717) is 17.5 Å². The van der Waals surface area contributed by atoms with Crippen LogP contribution < -0.4 is 14.2 Å². The first-order valence-electron chi connectivity index (χ1n) is 8.27. The van der Waals surface area contributed by atoms with Crippen LogP contribution in [-0.2, 0) is 6.54 Å². The van der Waals surface area contributed by atoms with Crippen LogP contribution in [0.2, 0.25) is 0 Å². The molecule has 0 saturated carbocycles. The smallest absolute Gasteiger partial charge is 0.203 e. The molecule has 0 amide bonds. The molecule has 5 heteroatoms. The van der Waals surface area contributed by atoms with Gasteiger partial charge in [0, 0.05) is 18.2 Å². The topological polar surface area (TPSA) is 34.2 Å². The molecular formula is C18H30N2O3. The molecule has 1 aromatic carbocycles. The van der Waals surface area contributed by atoms with Crippen LogP contribution in [-0.4, -0.2) is 64.4 Å². The van der Waals surface area contributed by atoms with Crippen LogP contribution in [0.4, 0.5) is 0 Å². The molecule has 5 nitrogen and oxygen atoms in total. The third kappa shape index (κ3) is 4.30. The highest BCUT2D eigenvalue weighted by Crippen LogP contribution is 2.40. The van der Waals surface area contributed by atoms with Gasteiger partial charge in [0.1, 0.15) is 0 Å². The summed E-state index contributed by atoms with van der Waals surface area (Å²) in [7, 11) is 9.34. The Balaban J connectivity index is 2.13. The summed E-state index contributed by atoms with van der Waals surface area (Å²) in [5.41, 5.74) is 1.15. The summed E-state index contributed by atoms with van der Waals surface area (Å²) in [5, 5.41) is 0. The predicted octanol–water partition coefficient (Wildman–Crippen LogP) is 2.63. The lowest BCUT2D eigenvalue weighted by Gasteiger charge is -2.24. The average Bonchev–Trinajstić information content (AvgIpc) is 2.79. The standard InChI is InChI=1S/C18H30N2O3/c1-19(2)15-7-6-11-20(12-10-15)13-14-8-9-16(21-3)18(23-5)17(14)22-4/h8-9,15H,6-7,10-13H2,1-5H3. The number of hydrogen-bond acceptors (Lipinski definition) is 5. The summed E-state index contributed by atoms with van der Waals surface area (Å²) in [5.74, 6) is 2.16. The molecule has 1 atom stereocenters. The van der Waals surface area contributed by atoms with Gasteiger partial charge in [0.25, 0.3) is 0 Å². The molecule has 1 aliphatic rings. The lowest BCUT2D eigenvalue weighted by molar-refractivity contribution is 0.242. The molecule has 1 fully saturated rings. The van der Waals surface area contributed by atoms with Gasteiger partial charge in [-0.05, 0) is 52.5 Å². The predicted molar refractivity (Wildman–Crippen MR) is 92.7 cm³/mol. The summed E-state index contributed by atoms with van der Waals surface area (Å²) >= 11 is 0. The maximum Gasteiger partial charge on any atom is 0.203 e. The minimum atomic E-state index is 0.675. The number of nitrogens with zero attached hydrogens (tertiary/aromatic N) is 2. The zero-order valence-corrected chi connectivity index (χ0v) is 15.1. The summed E-state index contributed by atoms with van der Waals surface area (Å²) in [4.78, 5) is 4.85. The summed E-state index contributed by atoms with van der Waals surface area (Å²) in [6, 6.07) is 4.72. The fourth-order valence-electron chi connectivity index (χ4n) is 3.34. The van der Waals surface area contributed by atoms with Gasteiger partial charge < -0.3 is 19.1 Å². The van der Waals surface area contributed by atoms with Gasteiger partial charge in [0.05, 0.1) is 21.3 Å². The Morgan fingerprint density at radius 3 is 2.35 bits per heavy atom. The van der Waals surface area contributed by atoms with Crippen molar-refractivity contribution < 1.29 is 14.2 Å². The first kappa shape index (κ1) is 17.9. The third-order valence-corrected chi connectivity index (χ3v) is 4.70. The molecular weight excluding hydrogens is 292 g/mol. The highest BCUT2D eigenvalue weighted by Gasteiger charge is 2.21. The van der Waals surface area contributed by atoms with Crippen LogP contribution in [0.5, 0.6) is 17.2 Å². The van der Waals surface area contributed by atoms with Crippen LogP contribution in [0.1, 0.15) is 24.8 Å². The van der Waals surface area contributed by atoms with Crippen molar-refractivity contribution in [3.05, 3.63) is 17.7 Å². The normalized spacial score (nSPS) is 19.5. The van der Waals surface area contributed by atoms with Gasteiger partial charge in [-0.3, -0.25) is 4.90 Å². The van der Waals surface area contributed by atoms with Crippen molar-refractivity contribution in [3.63, 3.8) is 0 Å². The summed E-state index contributed by atoms with van der Waals surface area (Å²) < 4.78 is 16.4. The zero-order chi connectivity index (χ0) is 16.8. The number of methoxy groups -OCH3 is 3. The van der Waals surface area contributed by atoms with Crippen LogP contribution in [0.15, 0.2) is 12.1 Å². The maximum atomic E-state index is 5.60. The Hall–Kier alpha value is -1.46. The van der Waals surface area contributed by atoms with E-state index < -0.39 is 0 Å². The fourth-order valence-corrected chi connectivity index (χ4v) is 3.34. The summed E-state index contributed by atoms with van der Waals surface area (Å²) in [6.07, 6.45) is 3.72. The van der Waals surface area contributed by atoms with E-state index in [9.17, 15) is 0 Å². The van der Waals surface area contributed by atoms with Gasteiger partial charge in [-0.1, -0.05) is 6.07 Å². The monoisotopic (exact) mass is 322 g/mol. The van der Waals surface area contributed by atoms with E-state index in [2.05, 4.69) is 30.0 Å². The SMILES string of the molecule is COc1ccc(CN2CCCC(N(C)C)CC2)c(OC)c1OC. The van der Waals surface area contributed by atoms with Crippen molar-refractivity contribution in [2.24, 2.45) is 0 Å². The number of likely N-dealkylation sites (tertiary alicyclic amines) is 1. The second kappa shape index (κ2) is 8.41. The van der Waals surface area contributed by atoms with Crippen LogP contribution in [0.25, 0.3) is 0 Å². The quantitative estimate of drug-likeness (QED) is 0.804. The third-order valence-electron chi connectivity index (χ3n) is 4.70. The molecule has 130 valence electrons. The van der Waals surface area contributed by atoms with E-state index >= 15 is 0 Å². The molecule has 1 aliphatic heterocycles. The van der Waals surface area contributed by atoms with Gasteiger partial charge in [0.2, 0.25) is 5.75 Å². The van der Waals surface area contributed by atoms with Crippen molar-refractivity contribution in [1.29, 1.82) is 0 Å². The lowest BCUT2D eigenvalue weighted by Crippen LogP contribution is -2.30. The molecule has 23 heavy (non-hydrogen) atoms. The first-order valence-corrected chi connectivity index (χ1v) is 8.27. The lowest BCUT2D eigenvalue weighted by atomic mass is 10.1. The largest absolute Gasteiger partial charge is 0.493 e. The fraction of sp³-hybridized carbons (Fsp3) is 0.667. The first-order chi connectivity index (χ1) is 11.1. The molecule has 2 rings (SSSR count). The molecule has 0 radical (unpaired) electrons. The highest BCUT2D eigenvalue weighted by molar-refractivity contribution is 5.55. The van der Waals surface area contributed by atoms with Crippen LogP contribution in [0.3, 0.4) is 0 Å². The molecule has 1 saturated heterocycles. The molecule has 0 bridgehead atoms. The minimum absolute atomic E-state index is 0.675. The Morgan fingerprint density at radius 2 is 1.74 bits per heavy atom. The second-order valence-electron chi connectivity index (χ2n) is 6.32. The van der Waals surface area contributed by atoms with Crippen LogP contribution >= 0.6 is 0 Å². The molecule has 0 aliphatic carbocycles. The van der Waals surface area contributed by atoms with Crippen molar-refractivity contribution >= 4 is 0 Å². The van der Waals surface area contributed by atoms with Crippen molar-refractivity contribution in [3.8, 4) is 17.2 Å². The van der Waals surface area contributed by atoms with Gasteiger partial charge in [-0.2, -0.15) is 0 Å². The van der Waals surface area contributed by atoms with Crippen molar-refractivity contribution in [2.75, 3.05) is 48.5 Å². The van der Waals surface area contributed by atoms with E-state index in [4.69, 9.17) is 14.2 Å². The second-order valence-corrected chi connectivity index (χ2v) is 6.32. The van der Waals surface area contributed by atoms with Crippen molar-refractivity contribution in [2.45, 2.75) is 31.8 Å². The minimum Gasteiger partial charge on any atom is -0.493 e. The molecule has 0 N–H and O–H groups in total. The summed E-state index contributed by atoms with van der Waals surface area (Å²) in [6.45, 7) is 3.12. The highest BCUT2D eigenvalue weighted by atomic mass is 16.5. The Labute approximate surface area is 140 Å². The number of rotatable bonds is 6. The van der Waals surface area contributed by atoms with Gasteiger partial charge >= 0.3 is 0 Å². The van der Waals surface area contributed by atoms with Gasteiger partial charge in [-0.15, -0.1) is 0 Å². The Bertz CT molecular complexity index is 505. The molecule has 0 spiro atoms. The van der Waals surface area contributed by atoms with Crippen molar-refractivity contribution in [1.82, 2.24) is 9.80 Å². The number of ether oxygens (including phenoxy) is 3. The van der Waals surface area contributed by atoms with Crippen LogP contribution in [0, 0.1) is 0 Å². The maximum absolute atomic E-state index is 5.60.